The second kappa shape index (κ2) is 7.11. The summed E-state index contributed by atoms with van der Waals surface area (Å²) >= 11 is 7.50. The number of thiazole rings is 1. The molecule has 1 aromatic carbocycles. The highest BCUT2D eigenvalue weighted by Crippen LogP contribution is 2.28. The Morgan fingerprint density at radius 3 is 2.58 bits per heavy atom. The van der Waals surface area contributed by atoms with Crippen LogP contribution in [-0.4, -0.2) is 15.9 Å². The van der Waals surface area contributed by atoms with Gasteiger partial charge in [-0.25, -0.2) is 4.98 Å². The van der Waals surface area contributed by atoms with Gasteiger partial charge in [0.1, 0.15) is 5.01 Å². The van der Waals surface area contributed by atoms with Gasteiger partial charge in [0, 0.05) is 27.4 Å². The fourth-order valence-corrected chi connectivity index (χ4v) is 3.28. The first kappa shape index (κ1) is 16.6. The van der Waals surface area contributed by atoms with Gasteiger partial charge in [-0.05, 0) is 38.1 Å². The molecule has 1 amide bonds. The molecule has 0 aliphatic carbocycles. The third-order valence-electron chi connectivity index (χ3n) is 3.53. The first-order chi connectivity index (χ1) is 11.5. The molecule has 0 saturated carbocycles. The molecule has 0 spiro atoms. The summed E-state index contributed by atoms with van der Waals surface area (Å²) in [5.41, 5.74) is 3.38. The molecule has 0 bridgehead atoms. The quantitative estimate of drug-likeness (QED) is 0.752. The zero-order chi connectivity index (χ0) is 17.1. The van der Waals surface area contributed by atoms with Crippen molar-refractivity contribution in [2.24, 2.45) is 0 Å². The highest BCUT2D eigenvalue weighted by atomic mass is 35.5. The van der Waals surface area contributed by atoms with Crippen LogP contribution in [-0.2, 0) is 6.54 Å². The maximum Gasteiger partial charge on any atom is 0.253 e. The van der Waals surface area contributed by atoms with Crippen LogP contribution in [0.1, 0.15) is 25.9 Å². The van der Waals surface area contributed by atoms with Crippen molar-refractivity contribution in [3.05, 3.63) is 68.8 Å². The van der Waals surface area contributed by atoms with Gasteiger partial charge in [-0.1, -0.05) is 23.7 Å². The number of halogens is 1. The van der Waals surface area contributed by atoms with Crippen molar-refractivity contribution in [2.75, 3.05) is 0 Å². The van der Waals surface area contributed by atoms with E-state index in [0.717, 1.165) is 26.8 Å². The molecule has 6 heteroatoms. The van der Waals surface area contributed by atoms with Gasteiger partial charge in [-0.3, -0.25) is 9.78 Å². The molecule has 0 unspecified atom stereocenters. The molecule has 4 nitrogen and oxygen atoms in total. The lowest BCUT2D eigenvalue weighted by atomic mass is 10.1. The summed E-state index contributed by atoms with van der Waals surface area (Å²) in [6, 6.07) is 11.2. The number of nitrogens with zero attached hydrogens (tertiary/aromatic N) is 2. The van der Waals surface area contributed by atoms with Crippen molar-refractivity contribution in [1.82, 2.24) is 15.3 Å². The molecule has 3 rings (SSSR count). The van der Waals surface area contributed by atoms with Crippen LogP contribution >= 0.6 is 22.9 Å². The molecule has 2 aromatic heterocycles. The van der Waals surface area contributed by atoms with E-state index in [1.54, 1.807) is 23.6 Å². The molecule has 0 fully saturated rings. The first-order valence-electron chi connectivity index (χ1n) is 7.46. The van der Waals surface area contributed by atoms with Gasteiger partial charge in [0.15, 0.2) is 0 Å². The normalized spacial score (nSPS) is 10.6. The topological polar surface area (TPSA) is 54.9 Å². The summed E-state index contributed by atoms with van der Waals surface area (Å²) in [4.78, 5) is 22.0. The van der Waals surface area contributed by atoms with Crippen molar-refractivity contribution in [3.8, 4) is 11.3 Å². The predicted molar refractivity (Wildman–Crippen MR) is 97.4 cm³/mol. The zero-order valence-electron chi connectivity index (χ0n) is 13.3. The second-order valence-electron chi connectivity index (χ2n) is 5.39. The minimum Gasteiger partial charge on any atom is -0.345 e. The van der Waals surface area contributed by atoms with Crippen molar-refractivity contribution in [3.63, 3.8) is 0 Å². The third-order valence-corrected chi connectivity index (χ3v) is 4.76. The number of aromatic nitrogens is 2. The summed E-state index contributed by atoms with van der Waals surface area (Å²) < 4.78 is 0. The average Bonchev–Trinajstić information content (AvgIpc) is 2.95. The average molecular weight is 358 g/mol. The Morgan fingerprint density at radius 2 is 1.92 bits per heavy atom. The lowest BCUT2D eigenvalue weighted by Crippen LogP contribution is -2.22. The van der Waals surface area contributed by atoms with Gasteiger partial charge in [0.25, 0.3) is 5.91 Å². The van der Waals surface area contributed by atoms with E-state index >= 15 is 0 Å². The fraction of sp³-hybridized carbons (Fsp3) is 0.167. The molecule has 0 atom stereocenters. The van der Waals surface area contributed by atoms with Gasteiger partial charge in [-0.2, -0.15) is 0 Å². The monoisotopic (exact) mass is 357 g/mol. The summed E-state index contributed by atoms with van der Waals surface area (Å²) in [5, 5.41) is 4.45. The molecule has 2 heterocycles. The van der Waals surface area contributed by atoms with E-state index < -0.39 is 0 Å². The summed E-state index contributed by atoms with van der Waals surface area (Å²) in [6.07, 6.45) is 1.58. The molecule has 0 radical (unpaired) electrons. The molecular formula is C18H16ClN3OS. The minimum atomic E-state index is -0.150. The van der Waals surface area contributed by atoms with E-state index in [4.69, 9.17) is 11.6 Å². The number of carbonyl (C=O) groups excluding carboxylic acids is 1. The largest absolute Gasteiger partial charge is 0.345 e. The standard InChI is InChI=1S/C18H16ClN3OS/c1-11-3-4-14(9-20-11)18(23)21-10-16-22-17(12(2)24-16)13-5-7-15(19)8-6-13/h3-9H,10H2,1-2H3,(H,21,23). The van der Waals surface area contributed by atoms with Crippen LogP contribution in [0, 0.1) is 13.8 Å². The molecule has 1 N–H and O–H groups in total. The van der Waals surface area contributed by atoms with Crippen molar-refractivity contribution < 1.29 is 4.79 Å². The van der Waals surface area contributed by atoms with Crippen molar-refractivity contribution >= 4 is 28.8 Å². The number of rotatable bonds is 4. The number of carbonyl (C=O) groups is 1. The Balaban J connectivity index is 1.70. The number of aryl methyl sites for hydroxylation is 2. The SMILES string of the molecule is Cc1ccc(C(=O)NCc2nc(-c3ccc(Cl)cc3)c(C)s2)cn1. The molecule has 0 saturated heterocycles. The van der Waals surface area contributed by atoms with E-state index in [9.17, 15) is 4.79 Å². The van der Waals surface area contributed by atoms with Crippen LogP contribution in [0.2, 0.25) is 5.02 Å². The molecule has 24 heavy (non-hydrogen) atoms. The molecule has 0 aliphatic heterocycles. The summed E-state index contributed by atoms with van der Waals surface area (Å²) in [7, 11) is 0. The highest BCUT2D eigenvalue weighted by Gasteiger charge is 2.11. The molecule has 3 aromatic rings. The van der Waals surface area contributed by atoms with Gasteiger partial charge in [0.05, 0.1) is 17.8 Å². The number of hydrogen-bond acceptors (Lipinski definition) is 4. The van der Waals surface area contributed by atoms with Crippen molar-refractivity contribution in [1.29, 1.82) is 0 Å². The maximum atomic E-state index is 12.1. The van der Waals surface area contributed by atoms with Crippen LogP contribution in [0.25, 0.3) is 11.3 Å². The first-order valence-corrected chi connectivity index (χ1v) is 8.65. The van der Waals surface area contributed by atoms with Gasteiger partial charge < -0.3 is 5.32 Å². The number of benzene rings is 1. The van der Waals surface area contributed by atoms with E-state index in [2.05, 4.69) is 15.3 Å². The van der Waals surface area contributed by atoms with Crippen LogP contribution in [0.3, 0.4) is 0 Å². The van der Waals surface area contributed by atoms with E-state index in [1.807, 2.05) is 44.2 Å². The van der Waals surface area contributed by atoms with Gasteiger partial charge in [0.2, 0.25) is 0 Å². The Bertz CT molecular complexity index is 857. The van der Waals surface area contributed by atoms with Crippen LogP contribution < -0.4 is 5.32 Å². The van der Waals surface area contributed by atoms with Gasteiger partial charge in [-0.15, -0.1) is 11.3 Å². The fourth-order valence-electron chi connectivity index (χ4n) is 2.26. The number of nitrogens with one attached hydrogen (secondary N) is 1. The van der Waals surface area contributed by atoms with Crippen LogP contribution in [0.5, 0.6) is 0 Å². The number of hydrogen-bond donors (Lipinski definition) is 1. The minimum absolute atomic E-state index is 0.150. The molecule has 0 aliphatic rings. The van der Waals surface area contributed by atoms with E-state index in [-0.39, 0.29) is 5.91 Å². The Morgan fingerprint density at radius 1 is 1.17 bits per heavy atom. The Hall–Kier alpha value is -2.24. The number of amides is 1. The van der Waals surface area contributed by atoms with Crippen LogP contribution in [0.4, 0.5) is 0 Å². The lowest BCUT2D eigenvalue weighted by Gasteiger charge is -2.03. The van der Waals surface area contributed by atoms with Gasteiger partial charge >= 0.3 is 0 Å². The second-order valence-corrected chi connectivity index (χ2v) is 7.11. The molecular weight excluding hydrogens is 342 g/mol. The number of pyridine rings is 1. The summed E-state index contributed by atoms with van der Waals surface area (Å²) in [6.45, 7) is 4.31. The van der Waals surface area contributed by atoms with Crippen LogP contribution in [0.15, 0.2) is 42.6 Å². The Kier molecular flexibility index (Phi) is 4.92. The third kappa shape index (κ3) is 3.80. The molecule has 122 valence electrons. The van der Waals surface area contributed by atoms with Crippen molar-refractivity contribution in [2.45, 2.75) is 20.4 Å². The maximum absolute atomic E-state index is 12.1. The zero-order valence-corrected chi connectivity index (χ0v) is 14.9. The highest BCUT2D eigenvalue weighted by molar-refractivity contribution is 7.12. The Labute approximate surface area is 149 Å². The van der Waals surface area contributed by atoms with E-state index in [0.29, 0.717) is 17.1 Å². The lowest BCUT2D eigenvalue weighted by molar-refractivity contribution is 0.0950. The smallest absolute Gasteiger partial charge is 0.253 e. The summed E-state index contributed by atoms with van der Waals surface area (Å²) in [5.74, 6) is -0.150. The predicted octanol–water partition coefficient (Wildman–Crippen LogP) is 4.41. The van der Waals surface area contributed by atoms with E-state index in [1.165, 1.54) is 0 Å².